The predicted molar refractivity (Wildman–Crippen MR) is 106 cm³/mol. The van der Waals surface area contributed by atoms with Crippen LogP contribution in [0.4, 0.5) is 11.4 Å². The van der Waals surface area contributed by atoms with E-state index in [0.717, 1.165) is 17.5 Å². The lowest BCUT2D eigenvalue weighted by atomic mass is 9.94. The Bertz CT molecular complexity index is 759. The summed E-state index contributed by atoms with van der Waals surface area (Å²) in [5.74, 6) is -0.574. The van der Waals surface area contributed by atoms with Crippen LogP contribution in [0, 0.1) is 12.8 Å². The predicted octanol–water partition coefficient (Wildman–Crippen LogP) is 4.01. The number of benzene rings is 2. The molecule has 5 heteroatoms. The van der Waals surface area contributed by atoms with E-state index in [1.54, 1.807) is 0 Å². The fourth-order valence-corrected chi connectivity index (χ4v) is 2.72. The van der Waals surface area contributed by atoms with E-state index in [1.807, 2.05) is 69.3 Å². The summed E-state index contributed by atoms with van der Waals surface area (Å²) in [6, 6.07) is 14.7. The molecule has 0 aliphatic heterocycles. The van der Waals surface area contributed by atoms with Crippen molar-refractivity contribution >= 4 is 23.2 Å². The zero-order chi connectivity index (χ0) is 19.1. The van der Waals surface area contributed by atoms with Gasteiger partial charge in [-0.05, 0) is 36.6 Å². The molecule has 0 saturated heterocycles. The van der Waals surface area contributed by atoms with Crippen LogP contribution in [0.1, 0.15) is 43.9 Å². The first-order valence-electron chi connectivity index (χ1n) is 8.94. The van der Waals surface area contributed by atoms with Crippen molar-refractivity contribution in [3.63, 3.8) is 0 Å². The van der Waals surface area contributed by atoms with Crippen LogP contribution in [0.15, 0.2) is 48.5 Å². The van der Waals surface area contributed by atoms with E-state index in [-0.39, 0.29) is 17.9 Å². The molecule has 0 aliphatic carbocycles. The maximum Gasteiger partial charge on any atom is 0.229 e. The molecule has 0 saturated carbocycles. The normalized spacial score (nSPS) is 12.9. The van der Waals surface area contributed by atoms with Gasteiger partial charge in [-0.15, -0.1) is 0 Å². The van der Waals surface area contributed by atoms with Gasteiger partial charge in [-0.3, -0.25) is 9.59 Å². The average Bonchev–Trinajstić information content (AvgIpc) is 2.64. The Hall–Kier alpha value is -2.66. The molecule has 2 aromatic rings. The summed E-state index contributed by atoms with van der Waals surface area (Å²) in [4.78, 5) is 24.5. The van der Waals surface area contributed by atoms with E-state index < -0.39 is 5.92 Å². The third kappa shape index (κ3) is 4.92. The van der Waals surface area contributed by atoms with E-state index >= 15 is 0 Å². The summed E-state index contributed by atoms with van der Waals surface area (Å²) in [7, 11) is 0. The van der Waals surface area contributed by atoms with Crippen LogP contribution in [-0.4, -0.2) is 11.8 Å². The molecule has 0 aliphatic rings. The number of hydrogen-bond donors (Lipinski definition) is 3. The number of rotatable bonds is 7. The van der Waals surface area contributed by atoms with Gasteiger partial charge in [0.1, 0.15) is 0 Å². The van der Waals surface area contributed by atoms with E-state index in [9.17, 15) is 9.59 Å². The number of carbonyl (C=O) groups excluding carboxylic acids is 2. The molecule has 0 fully saturated rings. The Balaban J connectivity index is 2.10. The van der Waals surface area contributed by atoms with E-state index in [1.165, 1.54) is 0 Å². The van der Waals surface area contributed by atoms with Gasteiger partial charge in [0.15, 0.2) is 0 Å². The van der Waals surface area contributed by atoms with Crippen LogP contribution < -0.4 is 16.4 Å². The van der Waals surface area contributed by atoms with Crippen molar-refractivity contribution in [3.05, 3.63) is 59.7 Å². The summed E-state index contributed by atoms with van der Waals surface area (Å²) in [5, 5.41) is 5.82. The van der Waals surface area contributed by atoms with Gasteiger partial charge in [0.25, 0.3) is 0 Å². The summed E-state index contributed by atoms with van der Waals surface area (Å²) in [5.41, 5.74) is 9.38. The van der Waals surface area contributed by atoms with Crippen LogP contribution in [0.5, 0.6) is 0 Å². The third-order valence-corrected chi connectivity index (χ3v) is 4.48. The number of amides is 2. The Kier molecular flexibility index (Phi) is 6.92. The highest BCUT2D eigenvalue weighted by Crippen LogP contribution is 2.26. The summed E-state index contributed by atoms with van der Waals surface area (Å²) in [6.07, 6.45) is 1.26. The van der Waals surface area contributed by atoms with Gasteiger partial charge in [-0.1, -0.05) is 50.2 Å². The molecule has 0 heterocycles. The maximum absolute atomic E-state index is 12.6. The molecule has 0 radical (unpaired) electrons. The minimum atomic E-state index is -0.393. The van der Waals surface area contributed by atoms with Crippen molar-refractivity contribution in [2.45, 2.75) is 39.7 Å². The Morgan fingerprint density at radius 2 is 1.62 bits per heavy atom. The first-order chi connectivity index (χ1) is 12.4. The number of anilines is 2. The summed E-state index contributed by atoms with van der Waals surface area (Å²) >= 11 is 0. The smallest absolute Gasteiger partial charge is 0.229 e. The Morgan fingerprint density at radius 1 is 1.00 bits per heavy atom. The van der Waals surface area contributed by atoms with Gasteiger partial charge >= 0.3 is 0 Å². The molecule has 0 spiro atoms. The fraction of sp³-hybridized carbons (Fsp3) is 0.333. The van der Waals surface area contributed by atoms with Crippen LogP contribution in [0.25, 0.3) is 0 Å². The SMILES string of the molecule is CCCC(=O)Nc1cccc(NC(=O)C(C)C(N)c2ccccc2)c1C. The molecule has 2 unspecified atom stereocenters. The molecular formula is C21H27N3O2. The van der Waals surface area contributed by atoms with E-state index in [2.05, 4.69) is 10.6 Å². The van der Waals surface area contributed by atoms with Crippen molar-refractivity contribution in [1.29, 1.82) is 0 Å². The summed E-state index contributed by atoms with van der Waals surface area (Å²) in [6.45, 7) is 5.65. The first kappa shape index (κ1) is 19.7. The highest BCUT2D eigenvalue weighted by atomic mass is 16.2. The molecule has 2 amide bonds. The molecule has 26 heavy (non-hydrogen) atoms. The van der Waals surface area contributed by atoms with Crippen molar-refractivity contribution in [2.24, 2.45) is 11.7 Å². The van der Waals surface area contributed by atoms with Crippen LogP contribution >= 0.6 is 0 Å². The van der Waals surface area contributed by atoms with Crippen molar-refractivity contribution < 1.29 is 9.59 Å². The van der Waals surface area contributed by atoms with Crippen molar-refractivity contribution in [1.82, 2.24) is 0 Å². The lowest BCUT2D eigenvalue weighted by molar-refractivity contribution is -0.120. The molecule has 2 rings (SSSR count). The number of nitrogens with two attached hydrogens (primary N) is 1. The highest BCUT2D eigenvalue weighted by molar-refractivity contribution is 5.96. The minimum Gasteiger partial charge on any atom is -0.326 e. The first-order valence-corrected chi connectivity index (χ1v) is 8.94. The lowest BCUT2D eigenvalue weighted by Crippen LogP contribution is -2.30. The minimum absolute atomic E-state index is 0.0291. The standard InChI is InChI=1S/C21H27N3O2/c1-4-9-19(25)23-17-12-8-13-18(14(17)2)24-21(26)15(3)20(22)16-10-6-5-7-11-16/h5-8,10-13,15,20H,4,9,22H2,1-3H3,(H,23,25)(H,24,26). The zero-order valence-corrected chi connectivity index (χ0v) is 15.6. The molecule has 138 valence electrons. The number of carbonyl (C=O) groups is 2. The Labute approximate surface area is 155 Å². The second kappa shape index (κ2) is 9.15. The highest BCUT2D eigenvalue weighted by Gasteiger charge is 2.22. The van der Waals surface area contributed by atoms with Gasteiger partial charge in [-0.25, -0.2) is 0 Å². The number of nitrogens with one attached hydrogen (secondary N) is 2. The van der Waals surface area contributed by atoms with Crippen LogP contribution in [0.3, 0.4) is 0 Å². The van der Waals surface area contributed by atoms with Gasteiger partial charge in [0.05, 0.1) is 5.92 Å². The second-order valence-corrected chi connectivity index (χ2v) is 6.49. The van der Waals surface area contributed by atoms with Gasteiger partial charge < -0.3 is 16.4 Å². The van der Waals surface area contributed by atoms with Crippen LogP contribution in [-0.2, 0) is 9.59 Å². The van der Waals surface area contributed by atoms with Gasteiger partial charge in [0.2, 0.25) is 11.8 Å². The topological polar surface area (TPSA) is 84.2 Å². The van der Waals surface area contributed by atoms with Crippen molar-refractivity contribution in [2.75, 3.05) is 10.6 Å². The molecular weight excluding hydrogens is 326 g/mol. The second-order valence-electron chi connectivity index (χ2n) is 6.49. The molecule has 2 aromatic carbocycles. The third-order valence-electron chi connectivity index (χ3n) is 4.48. The monoisotopic (exact) mass is 353 g/mol. The molecule has 0 bridgehead atoms. The molecule has 4 N–H and O–H groups in total. The van der Waals surface area contributed by atoms with E-state index in [4.69, 9.17) is 5.73 Å². The largest absolute Gasteiger partial charge is 0.326 e. The molecule has 5 nitrogen and oxygen atoms in total. The van der Waals surface area contributed by atoms with Crippen LogP contribution in [0.2, 0.25) is 0 Å². The summed E-state index contributed by atoms with van der Waals surface area (Å²) < 4.78 is 0. The zero-order valence-electron chi connectivity index (χ0n) is 15.6. The fourth-order valence-electron chi connectivity index (χ4n) is 2.72. The lowest BCUT2D eigenvalue weighted by Gasteiger charge is -2.21. The van der Waals surface area contributed by atoms with Gasteiger partial charge in [0, 0.05) is 23.8 Å². The van der Waals surface area contributed by atoms with Gasteiger partial charge in [-0.2, -0.15) is 0 Å². The van der Waals surface area contributed by atoms with E-state index in [0.29, 0.717) is 17.8 Å². The molecule has 0 aromatic heterocycles. The Morgan fingerprint density at radius 3 is 2.23 bits per heavy atom. The average molecular weight is 353 g/mol. The molecule has 2 atom stereocenters. The quantitative estimate of drug-likeness (QED) is 0.703. The van der Waals surface area contributed by atoms with Crippen molar-refractivity contribution in [3.8, 4) is 0 Å². The maximum atomic E-state index is 12.6. The number of hydrogen-bond acceptors (Lipinski definition) is 3.